The first-order chi connectivity index (χ1) is 26.8. The van der Waals surface area contributed by atoms with Crippen LogP contribution < -0.4 is 20.1 Å². The number of carbonyl (C=O) groups excluding carboxylic acids is 4. The third-order valence-electron chi connectivity index (χ3n) is 11.6. The number of hydrogen-bond donors (Lipinski definition) is 3. The van der Waals surface area contributed by atoms with E-state index in [-0.39, 0.29) is 31.0 Å². The second-order valence-electron chi connectivity index (χ2n) is 15.7. The quantitative estimate of drug-likeness (QED) is 0.186. The molecule has 2 saturated carbocycles. The molecule has 4 aromatic rings. The van der Waals surface area contributed by atoms with Crippen molar-refractivity contribution in [2.24, 2.45) is 13.0 Å². The summed E-state index contributed by atoms with van der Waals surface area (Å²) in [7, 11) is -2.34. The predicted octanol–water partition coefficient (Wildman–Crippen LogP) is 3.80. The number of rotatable bonds is 7. The van der Waals surface area contributed by atoms with Crippen molar-refractivity contribution in [2.45, 2.75) is 93.2 Å². The summed E-state index contributed by atoms with van der Waals surface area (Å²) in [6.45, 7) is 1.49. The van der Waals surface area contributed by atoms with Gasteiger partial charge in [-0.3, -0.25) is 28.6 Å². The fourth-order valence-electron chi connectivity index (χ4n) is 7.86. The van der Waals surface area contributed by atoms with Gasteiger partial charge in [-0.05, 0) is 75.1 Å². The van der Waals surface area contributed by atoms with Crippen LogP contribution in [0.3, 0.4) is 0 Å². The van der Waals surface area contributed by atoms with Crippen LogP contribution >= 0.6 is 0 Å². The Morgan fingerprint density at radius 3 is 2.61 bits per heavy atom. The Morgan fingerprint density at radius 2 is 1.84 bits per heavy atom. The molecule has 0 unspecified atom stereocenters. The number of allylic oxidation sites excluding steroid dienone is 1. The summed E-state index contributed by atoms with van der Waals surface area (Å²) >= 11 is 0. The smallest absolute Gasteiger partial charge is 0.272 e. The van der Waals surface area contributed by atoms with Crippen molar-refractivity contribution < 1.29 is 36.7 Å². The molecular weight excluding hydrogens is 742 g/mol. The van der Waals surface area contributed by atoms with Crippen LogP contribution in [0.1, 0.15) is 75.2 Å². The highest BCUT2D eigenvalue weighted by Crippen LogP contribution is 2.47. The summed E-state index contributed by atoms with van der Waals surface area (Å²) in [6, 6.07) is 11.1. The average Bonchev–Trinajstić information content (AvgIpc) is 3.97. The second-order valence-corrected chi connectivity index (χ2v) is 17.9. The molecule has 0 spiro atoms. The molecule has 3 fully saturated rings. The van der Waals surface area contributed by atoms with Crippen molar-refractivity contribution >= 4 is 55.3 Å². The lowest BCUT2D eigenvalue weighted by molar-refractivity contribution is -0.141. The Labute approximate surface area is 323 Å². The van der Waals surface area contributed by atoms with Gasteiger partial charge in [-0.2, -0.15) is 5.10 Å². The van der Waals surface area contributed by atoms with E-state index in [9.17, 15) is 32.0 Å². The van der Waals surface area contributed by atoms with E-state index in [1.807, 2.05) is 36.4 Å². The van der Waals surface area contributed by atoms with Gasteiger partial charge < -0.3 is 20.3 Å². The van der Waals surface area contributed by atoms with Crippen LogP contribution in [0.2, 0.25) is 0 Å². The predicted molar refractivity (Wildman–Crippen MR) is 204 cm³/mol. The summed E-state index contributed by atoms with van der Waals surface area (Å²) < 4.78 is 50.2. The molecule has 4 heterocycles. The van der Waals surface area contributed by atoms with Gasteiger partial charge in [0.25, 0.3) is 11.8 Å². The number of fused-ring (bicyclic) bond motifs is 5. The Balaban J connectivity index is 1.13. The van der Waals surface area contributed by atoms with Gasteiger partial charge in [0.1, 0.15) is 35.2 Å². The number of aromatic nitrogens is 3. The van der Waals surface area contributed by atoms with E-state index in [2.05, 4.69) is 20.5 Å². The number of benzene rings is 2. The first kappa shape index (κ1) is 37.5. The molecule has 4 amide bonds. The summed E-state index contributed by atoms with van der Waals surface area (Å²) in [4.78, 5) is 62.5. The van der Waals surface area contributed by atoms with Gasteiger partial charge in [-0.1, -0.05) is 49.3 Å². The lowest BCUT2D eigenvalue weighted by atomic mass is 10.0. The Kier molecular flexibility index (Phi) is 9.58. The number of halogens is 1. The van der Waals surface area contributed by atoms with Crippen LogP contribution in [0.5, 0.6) is 5.88 Å². The van der Waals surface area contributed by atoms with Gasteiger partial charge in [-0.25, -0.2) is 17.8 Å². The molecule has 4 aliphatic rings. The molecule has 3 N–H and O–H groups in total. The molecule has 0 radical (unpaired) electrons. The fraction of sp³-hybridized carbons (Fsp3) is 0.450. The summed E-state index contributed by atoms with van der Waals surface area (Å²) in [5, 5.41) is 11.8. The highest BCUT2D eigenvalue weighted by Gasteiger charge is 2.63. The monoisotopic (exact) mass is 785 g/mol. The SMILES string of the molecule is Cn1ccc(C(=O)N[C@H]2CCCCC/C=C\[C@@H]3C[C@@]3(C(=O)NS(=O)(=O)C3(C)CC3)NC(=O)[C@@H]3C[C@@H](Oc4nc5ccccc5c5ccc(F)cc45)CN3C2=O)n1. The van der Waals surface area contributed by atoms with E-state index in [0.717, 1.165) is 18.2 Å². The molecule has 5 atom stereocenters. The van der Waals surface area contributed by atoms with Crippen molar-refractivity contribution in [1.82, 2.24) is 35.0 Å². The number of sulfonamides is 1. The maximum absolute atomic E-state index is 14.7. The van der Waals surface area contributed by atoms with Crippen LogP contribution in [0.25, 0.3) is 21.7 Å². The Hall–Kier alpha value is -5.38. The van der Waals surface area contributed by atoms with Crippen LogP contribution in [-0.4, -0.2) is 86.7 Å². The number of para-hydroxylation sites is 1. The molecule has 2 aromatic heterocycles. The minimum Gasteiger partial charge on any atom is -0.472 e. The van der Waals surface area contributed by atoms with Gasteiger partial charge in [0.2, 0.25) is 27.7 Å². The van der Waals surface area contributed by atoms with Crippen molar-refractivity contribution in [3.63, 3.8) is 0 Å². The largest absolute Gasteiger partial charge is 0.472 e. The molecule has 2 aliphatic heterocycles. The number of hydrogen-bond acceptors (Lipinski definition) is 9. The summed E-state index contributed by atoms with van der Waals surface area (Å²) in [6.07, 6.45) is 8.65. The highest BCUT2D eigenvalue weighted by atomic mass is 32.2. The average molecular weight is 786 g/mol. The van der Waals surface area contributed by atoms with E-state index >= 15 is 0 Å². The Morgan fingerprint density at radius 1 is 1.04 bits per heavy atom. The number of amides is 4. The minimum atomic E-state index is -4.02. The van der Waals surface area contributed by atoms with Crippen LogP contribution in [0.15, 0.2) is 66.9 Å². The molecule has 0 bridgehead atoms. The topological polar surface area (TPSA) is 182 Å². The summed E-state index contributed by atoms with van der Waals surface area (Å²) in [5.74, 6) is -3.40. The maximum Gasteiger partial charge on any atom is 0.272 e. The molecule has 14 nitrogen and oxygen atoms in total. The van der Waals surface area contributed by atoms with E-state index in [1.165, 1.54) is 21.7 Å². The zero-order chi connectivity index (χ0) is 39.4. The van der Waals surface area contributed by atoms with Crippen molar-refractivity contribution in [3.8, 4) is 5.88 Å². The highest BCUT2D eigenvalue weighted by molar-refractivity contribution is 7.91. The third-order valence-corrected chi connectivity index (χ3v) is 13.8. The standard InChI is InChI=1S/C40H44FN7O7S/c1-39(17-18-39)56(53,54)46-38(52)40-22-24(40)10-6-4-3-5-7-13-32(42-34(49)31-16-19-47(2)45-31)37(51)48-23-26(21-33(48)35(50)44-40)55-36-29-20-25(41)14-15-27(29)28-11-8-9-12-30(28)43-36/h6,8-12,14-16,19-20,24,26,32-33H,3-5,7,13,17-18,21-23H2,1-2H3,(H,42,49)(H,44,50)(H,46,52)/b10-6-/t24-,26-,32+,33+,40-/m1/s1. The van der Waals surface area contributed by atoms with Gasteiger partial charge in [0, 0.05) is 36.4 Å². The first-order valence-electron chi connectivity index (χ1n) is 19.1. The normalized spacial score (nSPS) is 26.9. The van der Waals surface area contributed by atoms with Gasteiger partial charge in [0.05, 0.1) is 16.8 Å². The van der Waals surface area contributed by atoms with Gasteiger partial charge in [0.15, 0.2) is 0 Å². The maximum atomic E-state index is 14.7. The minimum absolute atomic E-state index is 0.0294. The number of carbonyl (C=O) groups is 4. The van der Waals surface area contributed by atoms with Crippen molar-refractivity contribution in [3.05, 3.63) is 78.4 Å². The molecule has 1 saturated heterocycles. The van der Waals surface area contributed by atoms with Crippen LogP contribution in [-0.2, 0) is 31.5 Å². The summed E-state index contributed by atoms with van der Waals surface area (Å²) in [5.41, 5.74) is -0.821. The molecule has 2 aromatic carbocycles. The molecule has 56 heavy (non-hydrogen) atoms. The Bertz CT molecular complexity index is 2400. The zero-order valence-corrected chi connectivity index (χ0v) is 32.0. The van der Waals surface area contributed by atoms with Crippen LogP contribution in [0, 0.1) is 11.7 Å². The fourth-order valence-corrected chi connectivity index (χ4v) is 9.17. The van der Waals surface area contributed by atoms with E-state index < -0.39 is 73.9 Å². The molecular formula is C40H44FN7O7S. The van der Waals surface area contributed by atoms with E-state index in [0.29, 0.717) is 48.4 Å². The number of nitrogens with one attached hydrogen (secondary N) is 3. The first-order valence-corrected chi connectivity index (χ1v) is 20.6. The number of nitrogens with zero attached hydrogens (tertiary/aromatic N) is 4. The molecule has 8 rings (SSSR count). The van der Waals surface area contributed by atoms with E-state index in [4.69, 9.17) is 9.72 Å². The van der Waals surface area contributed by atoms with E-state index in [1.54, 1.807) is 32.3 Å². The van der Waals surface area contributed by atoms with Crippen molar-refractivity contribution in [2.75, 3.05) is 6.54 Å². The lowest BCUT2D eigenvalue weighted by Crippen LogP contribution is -2.58. The van der Waals surface area contributed by atoms with Gasteiger partial charge in [-0.15, -0.1) is 0 Å². The molecule has 16 heteroatoms. The third kappa shape index (κ3) is 7.10. The second kappa shape index (κ2) is 14.3. The molecule has 2 aliphatic carbocycles. The zero-order valence-electron chi connectivity index (χ0n) is 31.2. The number of pyridine rings is 1. The lowest BCUT2D eigenvalue weighted by Gasteiger charge is -2.30. The molecule has 294 valence electrons. The number of ether oxygens (including phenoxy) is 1. The number of aryl methyl sites for hydroxylation is 1. The van der Waals surface area contributed by atoms with Crippen molar-refractivity contribution in [1.29, 1.82) is 0 Å². The van der Waals surface area contributed by atoms with Crippen LogP contribution in [0.4, 0.5) is 4.39 Å². The van der Waals surface area contributed by atoms with Gasteiger partial charge >= 0.3 is 0 Å².